The molecular formula is C16H24N4O2S. The van der Waals surface area contributed by atoms with Gasteiger partial charge < -0.3 is 4.90 Å². The van der Waals surface area contributed by atoms with Crippen molar-refractivity contribution in [3.8, 4) is 0 Å². The number of H-pyrrole nitrogens is 1. The minimum Gasteiger partial charge on any atom is -0.316 e. The van der Waals surface area contributed by atoms with E-state index in [1.165, 1.54) is 23.9 Å². The van der Waals surface area contributed by atoms with E-state index in [-0.39, 0.29) is 17.6 Å². The Morgan fingerprint density at radius 2 is 2.30 bits per heavy atom. The van der Waals surface area contributed by atoms with Crippen LogP contribution in [-0.4, -0.2) is 37.9 Å². The highest BCUT2D eigenvalue weighted by molar-refractivity contribution is 7.99. The zero-order valence-corrected chi connectivity index (χ0v) is 14.4. The van der Waals surface area contributed by atoms with Gasteiger partial charge in [-0.2, -0.15) is 0 Å². The Labute approximate surface area is 140 Å². The zero-order valence-electron chi connectivity index (χ0n) is 13.6. The van der Waals surface area contributed by atoms with E-state index >= 15 is 0 Å². The van der Waals surface area contributed by atoms with Gasteiger partial charge in [-0.3, -0.25) is 9.36 Å². The molecule has 126 valence electrons. The van der Waals surface area contributed by atoms with E-state index in [0.29, 0.717) is 10.9 Å². The fourth-order valence-electron chi connectivity index (χ4n) is 2.97. The van der Waals surface area contributed by atoms with Crippen LogP contribution in [0.15, 0.2) is 21.7 Å². The van der Waals surface area contributed by atoms with Crippen molar-refractivity contribution in [2.24, 2.45) is 0 Å². The first-order chi connectivity index (χ1) is 11.2. The minimum atomic E-state index is -0.164. The number of carbonyl (C=O) groups is 1. The number of rotatable bonds is 7. The third-order valence-electron chi connectivity index (χ3n) is 4.27. The molecule has 0 radical (unpaired) electrons. The fraction of sp³-hybridized carbons (Fsp3) is 0.688. The Hall–Kier alpha value is -1.50. The summed E-state index contributed by atoms with van der Waals surface area (Å²) in [6, 6.07) is 0.270. The van der Waals surface area contributed by atoms with Crippen LogP contribution < -0.4 is 5.69 Å². The van der Waals surface area contributed by atoms with Crippen LogP contribution >= 0.6 is 11.8 Å². The van der Waals surface area contributed by atoms with Gasteiger partial charge in [0.25, 0.3) is 0 Å². The van der Waals surface area contributed by atoms with E-state index < -0.39 is 0 Å². The van der Waals surface area contributed by atoms with Crippen molar-refractivity contribution in [1.29, 1.82) is 0 Å². The van der Waals surface area contributed by atoms with Crippen LogP contribution in [0.2, 0.25) is 0 Å². The number of aromatic amines is 1. The standard InChI is InChI=1S/C16H24N4O2S/c1-2-10-19(12-6-4-3-5-7-12)14(21)11-23-16-18-17-15(22)20(16)13-8-9-13/h6,13H,2-5,7-11H2,1H3,(H,17,22). The van der Waals surface area contributed by atoms with Gasteiger partial charge in [0, 0.05) is 18.3 Å². The lowest BCUT2D eigenvalue weighted by Gasteiger charge is -2.27. The van der Waals surface area contributed by atoms with Gasteiger partial charge in [0.1, 0.15) is 0 Å². The predicted octanol–water partition coefficient (Wildman–Crippen LogP) is 2.69. The topological polar surface area (TPSA) is 71.0 Å². The molecule has 0 spiro atoms. The molecular weight excluding hydrogens is 312 g/mol. The third-order valence-corrected chi connectivity index (χ3v) is 5.21. The number of hydrogen-bond donors (Lipinski definition) is 1. The Kier molecular flexibility index (Phi) is 5.25. The van der Waals surface area contributed by atoms with E-state index in [9.17, 15) is 9.59 Å². The molecule has 23 heavy (non-hydrogen) atoms. The number of allylic oxidation sites excluding steroid dienone is 2. The number of thioether (sulfide) groups is 1. The molecule has 1 aromatic rings. The first-order valence-corrected chi connectivity index (χ1v) is 9.48. The molecule has 3 rings (SSSR count). The molecule has 1 saturated carbocycles. The second kappa shape index (κ2) is 7.38. The number of carbonyl (C=O) groups excluding carboxylic acids is 1. The Bertz CT molecular complexity index is 645. The highest BCUT2D eigenvalue weighted by Crippen LogP contribution is 2.36. The lowest BCUT2D eigenvalue weighted by molar-refractivity contribution is -0.126. The largest absolute Gasteiger partial charge is 0.344 e. The van der Waals surface area contributed by atoms with Gasteiger partial charge in [0.15, 0.2) is 5.16 Å². The second-order valence-electron chi connectivity index (χ2n) is 6.19. The highest BCUT2D eigenvalue weighted by atomic mass is 32.2. The summed E-state index contributed by atoms with van der Waals surface area (Å²) in [6.45, 7) is 2.86. The lowest BCUT2D eigenvalue weighted by Crippen LogP contribution is -2.33. The van der Waals surface area contributed by atoms with Crippen molar-refractivity contribution in [2.45, 2.75) is 63.1 Å². The van der Waals surface area contributed by atoms with Crippen molar-refractivity contribution >= 4 is 17.7 Å². The monoisotopic (exact) mass is 336 g/mol. The average molecular weight is 336 g/mol. The quantitative estimate of drug-likeness (QED) is 0.777. The minimum absolute atomic E-state index is 0.114. The molecule has 1 fully saturated rings. The summed E-state index contributed by atoms with van der Waals surface area (Å²) in [4.78, 5) is 26.4. The molecule has 6 nitrogen and oxygen atoms in total. The molecule has 0 unspecified atom stereocenters. The number of nitrogens with one attached hydrogen (secondary N) is 1. The van der Waals surface area contributed by atoms with Crippen molar-refractivity contribution in [3.05, 3.63) is 22.3 Å². The first-order valence-electron chi connectivity index (χ1n) is 8.49. The SMILES string of the molecule is CCCN(C(=O)CSc1n[nH]c(=O)n1C1CC1)C1=CCCCC1. The van der Waals surface area contributed by atoms with Crippen LogP contribution in [0, 0.1) is 0 Å². The normalized spacial score (nSPS) is 17.9. The predicted molar refractivity (Wildman–Crippen MR) is 90.4 cm³/mol. The summed E-state index contributed by atoms with van der Waals surface area (Å²) < 4.78 is 1.70. The molecule has 0 saturated heterocycles. The number of aromatic nitrogens is 3. The lowest BCUT2D eigenvalue weighted by atomic mass is 10.0. The van der Waals surface area contributed by atoms with Crippen molar-refractivity contribution in [3.63, 3.8) is 0 Å². The summed E-state index contributed by atoms with van der Waals surface area (Å²) in [5.74, 6) is 0.441. The van der Waals surface area contributed by atoms with Crippen LogP contribution in [0.3, 0.4) is 0 Å². The van der Waals surface area contributed by atoms with E-state index in [4.69, 9.17) is 0 Å². The summed E-state index contributed by atoms with van der Waals surface area (Å²) >= 11 is 1.36. The summed E-state index contributed by atoms with van der Waals surface area (Å²) in [7, 11) is 0. The average Bonchev–Trinajstić information content (AvgIpc) is 3.34. The van der Waals surface area contributed by atoms with Gasteiger partial charge in [-0.25, -0.2) is 9.89 Å². The van der Waals surface area contributed by atoms with Crippen molar-refractivity contribution in [2.75, 3.05) is 12.3 Å². The highest BCUT2D eigenvalue weighted by Gasteiger charge is 2.29. The molecule has 0 aromatic carbocycles. The maximum Gasteiger partial charge on any atom is 0.344 e. The van der Waals surface area contributed by atoms with Crippen LogP contribution in [0.4, 0.5) is 0 Å². The molecule has 0 aliphatic heterocycles. The van der Waals surface area contributed by atoms with Crippen LogP contribution in [0.1, 0.15) is 57.9 Å². The molecule has 1 amide bonds. The molecule has 2 aliphatic carbocycles. The van der Waals surface area contributed by atoms with Gasteiger partial charge in [-0.15, -0.1) is 5.10 Å². The summed E-state index contributed by atoms with van der Waals surface area (Å²) in [6.07, 6.45) is 9.63. The van der Waals surface area contributed by atoms with Gasteiger partial charge in [0.05, 0.1) is 5.75 Å². The number of nitrogens with zero attached hydrogens (tertiary/aromatic N) is 3. The molecule has 1 aromatic heterocycles. The van der Waals surface area contributed by atoms with Gasteiger partial charge in [-0.05, 0) is 44.9 Å². The molecule has 1 heterocycles. The maximum atomic E-state index is 12.6. The molecule has 2 aliphatic rings. The van der Waals surface area contributed by atoms with E-state index in [1.54, 1.807) is 4.57 Å². The van der Waals surface area contributed by atoms with Crippen molar-refractivity contribution < 1.29 is 4.79 Å². The van der Waals surface area contributed by atoms with Crippen LogP contribution in [-0.2, 0) is 4.79 Å². The Morgan fingerprint density at radius 3 is 2.96 bits per heavy atom. The zero-order chi connectivity index (χ0) is 16.2. The molecule has 0 atom stereocenters. The van der Waals surface area contributed by atoms with E-state index in [2.05, 4.69) is 23.2 Å². The summed E-state index contributed by atoms with van der Waals surface area (Å²) in [5.41, 5.74) is 1.01. The van der Waals surface area contributed by atoms with E-state index in [0.717, 1.165) is 45.1 Å². The number of hydrogen-bond acceptors (Lipinski definition) is 4. The Morgan fingerprint density at radius 1 is 1.48 bits per heavy atom. The molecule has 7 heteroatoms. The maximum absolute atomic E-state index is 12.6. The fourth-order valence-corrected chi connectivity index (χ4v) is 3.86. The van der Waals surface area contributed by atoms with Gasteiger partial charge >= 0.3 is 5.69 Å². The smallest absolute Gasteiger partial charge is 0.316 e. The summed E-state index contributed by atoms with van der Waals surface area (Å²) in [5, 5.41) is 7.21. The van der Waals surface area contributed by atoms with Crippen LogP contribution in [0.25, 0.3) is 0 Å². The van der Waals surface area contributed by atoms with E-state index in [1.807, 2.05) is 4.90 Å². The second-order valence-corrected chi connectivity index (χ2v) is 7.13. The molecule has 0 bridgehead atoms. The van der Waals surface area contributed by atoms with Crippen LogP contribution in [0.5, 0.6) is 0 Å². The third kappa shape index (κ3) is 3.88. The Balaban J connectivity index is 1.65. The van der Waals surface area contributed by atoms with Gasteiger partial charge in [-0.1, -0.05) is 24.8 Å². The first kappa shape index (κ1) is 16.4. The van der Waals surface area contributed by atoms with Crippen molar-refractivity contribution in [1.82, 2.24) is 19.7 Å². The molecule has 1 N–H and O–H groups in total. The van der Waals surface area contributed by atoms with Gasteiger partial charge in [0.2, 0.25) is 5.91 Å². The number of amides is 1.